The van der Waals surface area contributed by atoms with E-state index in [0.717, 1.165) is 0 Å². The fourth-order valence-corrected chi connectivity index (χ4v) is 1.60. The minimum absolute atomic E-state index is 0.0139. The molecule has 1 aromatic rings. The predicted octanol–water partition coefficient (Wildman–Crippen LogP) is -0.905. The zero-order chi connectivity index (χ0) is 13.7. The van der Waals surface area contributed by atoms with Gasteiger partial charge in [-0.2, -0.15) is 0 Å². The molecule has 2 amide bonds. The molecule has 0 aliphatic carbocycles. The van der Waals surface area contributed by atoms with E-state index >= 15 is 0 Å². The van der Waals surface area contributed by atoms with Crippen molar-refractivity contribution in [2.75, 3.05) is 18.0 Å². The van der Waals surface area contributed by atoms with Gasteiger partial charge in [0.2, 0.25) is 11.8 Å². The number of nitrogens with zero attached hydrogens (tertiary/aromatic N) is 1. The van der Waals surface area contributed by atoms with Crippen LogP contribution < -0.4 is 16.4 Å². The molecule has 0 radical (unpaired) electrons. The summed E-state index contributed by atoms with van der Waals surface area (Å²) < 4.78 is 13.5. The van der Waals surface area contributed by atoms with Gasteiger partial charge in [-0.05, 0) is 12.1 Å². The zero-order valence-electron chi connectivity index (χ0n) is 9.60. The molecule has 0 aromatic heterocycles. The minimum Gasteiger partial charge on any atom is -0.391 e. The fraction of sp³-hybridized carbons (Fsp3) is 0.273. The molecule has 0 spiro atoms. The molecule has 0 aliphatic heterocycles. The summed E-state index contributed by atoms with van der Waals surface area (Å²) in [6, 6.07) is 4.04. The molecule has 0 saturated carbocycles. The van der Waals surface area contributed by atoms with Crippen LogP contribution in [0.5, 0.6) is 0 Å². The quantitative estimate of drug-likeness (QED) is 0.611. The van der Waals surface area contributed by atoms with Crippen molar-refractivity contribution in [2.45, 2.75) is 6.61 Å². The summed E-state index contributed by atoms with van der Waals surface area (Å²) >= 11 is 0. The Morgan fingerprint density at radius 2 is 1.78 bits per heavy atom. The summed E-state index contributed by atoms with van der Waals surface area (Å²) in [5, 5.41) is 9.12. The van der Waals surface area contributed by atoms with Gasteiger partial charge < -0.3 is 21.5 Å². The van der Waals surface area contributed by atoms with E-state index in [1.165, 1.54) is 23.1 Å². The highest BCUT2D eigenvalue weighted by Crippen LogP contribution is 2.23. The third kappa shape index (κ3) is 3.42. The third-order valence-electron chi connectivity index (χ3n) is 2.29. The number of halogens is 1. The summed E-state index contributed by atoms with van der Waals surface area (Å²) in [7, 11) is 0. The van der Waals surface area contributed by atoms with Crippen LogP contribution in [0, 0.1) is 5.82 Å². The van der Waals surface area contributed by atoms with Gasteiger partial charge in [0, 0.05) is 11.3 Å². The highest BCUT2D eigenvalue weighted by molar-refractivity contribution is 5.85. The maximum Gasteiger partial charge on any atom is 0.236 e. The first-order chi connectivity index (χ1) is 8.45. The number of hydrogen-bond donors (Lipinski definition) is 3. The van der Waals surface area contributed by atoms with Crippen LogP contribution >= 0.6 is 0 Å². The Balaban J connectivity index is 3.15. The van der Waals surface area contributed by atoms with Gasteiger partial charge in [0.1, 0.15) is 5.82 Å². The van der Waals surface area contributed by atoms with Crippen molar-refractivity contribution >= 4 is 17.5 Å². The van der Waals surface area contributed by atoms with Gasteiger partial charge in [-0.15, -0.1) is 0 Å². The molecule has 0 aliphatic rings. The number of nitrogens with two attached hydrogens (primary N) is 2. The Morgan fingerprint density at radius 1 is 1.22 bits per heavy atom. The largest absolute Gasteiger partial charge is 0.391 e. The summed E-state index contributed by atoms with van der Waals surface area (Å²) in [6.45, 7) is -1.14. The van der Waals surface area contributed by atoms with Gasteiger partial charge in [-0.1, -0.05) is 6.07 Å². The van der Waals surface area contributed by atoms with Crippen molar-refractivity contribution in [3.8, 4) is 0 Å². The summed E-state index contributed by atoms with van der Waals surface area (Å²) in [4.78, 5) is 23.1. The van der Waals surface area contributed by atoms with E-state index in [2.05, 4.69) is 0 Å². The SMILES string of the molecule is NC(=O)CN(CC(N)=O)c1cccc(F)c1CO. The average molecular weight is 255 g/mol. The van der Waals surface area contributed by atoms with Gasteiger partial charge in [-0.3, -0.25) is 9.59 Å². The van der Waals surface area contributed by atoms with Crippen LogP contribution in [0.3, 0.4) is 0 Å². The maximum atomic E-state index is 13.5. The molecule has 5 N–H and O–H groups in total. The van der Waals surface area contributed by atoms with Crippen molar-refractivity contribution in [2.24, 2.45) is 11.5 Å². The number of benzene rings is 1. The molecule has 0 unspecified atom stereocenters. The zero-order valence-corrected chi connectivity index (χ0v) is 9.60. The number of carbonyl (C=O) groups is 2. The number of hydrogen-bond acceptors (Lipinski definition) is 4. The first-order valence-corrected chi connectivity index (χ1v) is 5.15. The van der Waals surface area contributed by atoms with Crippen molar-refractivity contribution < 1.29 is 19.1 Å². The van der Waals surface area contributed by atoms with Crippen LogP contribution in [-0.4, -0.2) is 30.0 Å². The first kappa shape index (κ1) is 13.9. The lowest BCUT2D eigenvalue weighted by molar-refractivity contribution is -0.117. The summed E-state index contributed by atoms with van der Waals surface area (Å²) in [6.07, 6.45) is 0. The molecule has 6 nitrogen and oxygen atoms in total. The number of amides is 2. The first-order valence-electron chi connectivity index (χ1n) is 5.15. The molecular weight excluding hydrogens is 241 g/mol. The van der Waals surface area contributed by atoms with Gasteiger partial charge in [-0.25, -0.2) is 4.39 Å². The van der Waals surface area contributed by atoms with Crippen LogP contribution in [0.4, 0.5) is 10.1 Å². The Bertz CT molecular complexity index is 449. The molecule has 0 heterocycles. The van der Waals surface area contributed by atoms with Crippen molar-refractivity contribution in [1.29, 1.82) is 0 Å². The molecule has 0 fully saturated rings. The minimum atomic E-state index is -0.690. The van der Waals surface area contributed by atoms with E-state index in [4.69, 9.17) is 16.6 Å². The van der Waals surface area contributed by atoms with Gasteiger partial charge in [0.15, 0.2) is 0 Å². The number of aliphatic hydroxyl groups excluding tert-OH is 1. The monoisotopic (exact) mass is 255 g/mol. The Morgan fingerprint density at radius 3 is 2.22 bits per heavy atom. The van der Waals surface area contributed by atoms with Crippen LogP contribution in [0.1, 0.15) is 5.56 Å². The maximum absolute atomic E-state index is 13.5. The average Bonchev–Trinajstić information content (AvgIpc) is 2.26. The topological polar surface area (TPSA) is 110 Å². The Hall–Kier alpha value is -2.15. The number of carbonyl (C=O) groups excluding carboxylic acids is 2. The number of primary amides is 2. The van der Waals surface area contributed by atoms with Crippen LogP contribution in [0.15, 0.2) is 18.2 Å². The molecule has 98 valence electrons. The van der Waals surface area contributed by atoms with E-state index < -0.39 is 24.2 Å². The molecule has 18 heavy (non-hydrogen) atoms. The lowest BCUT2D eigenvalue weighted by Crippen LogP contribution is -2.40. The highest BCUT2D eigenvalue weighted by Gasteiger charge is 2.17. The van der Waals surface area contributed by atoms with E-state index in [0.29, 0.717) is 0 Å². The molecule has 1 rings (SSSR count). The highest BCUT2D eigenvalue weighted by atomic mass is 19.1. The Labute approximate surface area is 103 Å². The van der Waals surface area contributed by atoms with E-state index in [1.807, 2.05) is 0 Å². The second-order valence-corrected chi connectivity index (χ2v) is 3.68. The van der Waals surface area contributed by atoms with Crippen molar-refractivity contribution in [3.05, 3.63) is 29.6 Å². The van der Waals surface area contributed by atoms with E-state index in [1.54, 1.807) is 0 Å². The van der Waals surface area contributed by atoms with E-state index in [-0.39, 0.29) is 24.3 Å². The predicted molar refractivity (Wildman–Crippen MR) is 62.9 cm³/mol. The second kappa shape index (κ2) is 5.97. The van der Waals surface area contributed by atoms with Crippen LogP contribution in [0.2, 0.25) is 0 Å². The smallest absolute Gasteiger partial charge is 0.236 e. The third-order valence-corrected chi connectivity index (χ3v) is 2.29. The fourth-order valence-electron chi connectivity index (χ4n) is 1.60. The number of aliphatic hydroxyl groups is 1. The standard InChI is InChI=1S/C11H14FN3O3/c12-8-2-1-3-9(7(8)6-16)15(4-10(13)17)5-11(14)18/h1-3,16H,4-6H2,(H2,13,17)(H2,14,18). The normalized spacial score (nSPS) is 10.1. The summed E-state index contributed by atoms with van der Waals surface area (Å²) in [5.74, 6) is -2.01. The van der Waals surface area contributed by atoms with Crippen LogP contribution in [-0.2, 0) is 16.2 Å². The molecule has 0 saturated heterocycles. The van der Waals surface area contributed by atoms with E-state index in [9.17, 15) is 14.0 Å². The summed E-state index contributed by atoms with van der Waals surface area (Å²) in [5.41, 5.74) is 10.3. The van der Waals surface area contributed by atoms with Gasteiger partial charge >= 0.3 is 0 Å². The molecule has 7 heteroatoms. The molecule has 0 bridgehead atoms. The second-order valence-electron chi connectivity index (χ2n) is 3.68. The lowest BCUT2D eigenvalue weighted by atomic mass is 10.1. The van der Waals surface area contributed by atoms with Crippen molar-refractivity contribution in [3.63, 3.8) is 0 Å². The molecule has 1 aromatic carbocycles. The van der Waals surface area contributed by atoms with Crippen molar-refractivity contribution in [1.82, 2.24) is 0 Å². The van der Waals surface area contributed by atoms with Gasteiger partial charge in [0.25, 0.3) is 0 Å². The Kier molecular flexibility index (Phi) is 4.61. The molecule has 0 atom stereocenters. The van der Waals surface area contributed by atoms with Gasteiger partial charge in [0.05, 0.1) is 19.7 Å². The van der Waals surface area contributed by atoms with Crippen LogP contribution in [0.25, 0.3) is 0 Å². The number of anilines is 1. The number of rotatable bonds is 6. The lowest BCUT2D eigenvalue weighted by Gasteiger charge is -2.24. The molecular formula is C11H14FN3O3.